The summed E-state index contributed by atoms with van der Waals surface area (Å²) in [5, 5.41) is 10.2. The van der Waals surface area contributed by atoms with Crippen LogP contribution in [0.5, 0.6) is 0 Å². The molecule has 1 saturated heterocycles. The van der Waals surface area contributed by atoms with Crippen LogP contribution in [0.2, 0.25) is 0 Å². The van der Waals surface area contributed by atoms with Crippen molar-refractivity contribution in [2.75, 3.05) is 53.4 Å². The van der Waals surface area contributed by atoms with Crippen LogP contribution >= 0.6 is 0 Å². The number of amides is 1. The fourth-order valence-electron chi connectivity index (χ4n) is 2.66. The van der Waals surface area contributed by atoms with Gasteiger partial charge in [-0.1, -0.05) is 12.1 Å². The van der Waals surface area contributed by atoms with E-state index in [-0.39, 0.29) is 11.7 Å². The lowest BCUT2D eigenvalue weighted by atomic mass is 10.2. The van der Waals surface area contributed by atoms with Crippen molar-refractivity contribution < 1.29 is 14.3 Å². The number of hydrogen-bond donors (Lipinski definition) is 1. The summed E-state index contributed by atoms with van der Waals surface area (Å²) in [6.45, 7) is 4.75. The zero-order chi connectivity index (χ0) is 17.5. The first-order valence-electron chi connectivity index (χ1n) is 8.22. The Kier molecular flexibility index (Phi) is 6.90. The maximum Gasteiger partial charge on any atom is 0.246 e. The lowest BCUT2D eigenvalue weighted by Crippen LogP contribution is -2.48. The Morgan fingerprint density at radius 1 is 1.29 bits per heavy atom. The second kappa shape index (κ2) is 8.92. The average Bonchev–Trinajstić information content (AvgIpc) is 2.56. The molecule has 6 heteroatoms. The normalized spacial score (nSPS) is 18.0. The maximum absolute atomic E-state index is 12.8. The Hall–Kier alpha value is -1.76. The van der Waals surface area contributed by atoms with E-state index < -0.39 is 6.10 Å². The molecule has 1 unspecified atom stereocenters. The fraction of sp³-hybridized carbons (Fsp3) is 0.500. The summed E-state index contributed by atoms with van der Waals surface area (Å²) in [5.74, 6) is -0.487. The lowest BCUT2D eigenvalue weighted by molar-refractivity contribution is -0.126. The molecule has 0 spiro atoms. The number of piperazine rings is 1. The van der Waals surface area contributed by atoms with Crippen molar-refractivity contribution in [1.29, 1.82) is 0 Å². The Labute approximate surface area is 143 Å². The van der Waals surface area contributed by atoms with Gasteiger partial charge in [-0.15, -0.1) is 0 Å². The van der Waals surface area contributed by atoms with Crippen LogP contribution in [0.1, 0.15) is 5.56 Å². The summed E-state index contributed by atoms with van der Waals surface area (Å²) >= 11 is 0. The summed E-state index contributed by atoms with van der Waals surface area (Å²) in [6.07, 6.45) is 2.52. The van der Waals surface area contributed by atoms with Crippen molar-refractivity contribution in [3.63, 3.8) is 0 Å². The van der Waals surface area contributed by atoms with E-state index in [0.717, 1.165) is 31.7 Å². The van der Waals surface area contributed by atoms with E-state index in [1.54, 1.807) is 25.3 Å². The third-order valence-corrected chi connectivity index (χ3v) is 4.21. The van der Waals surface area contributed by atoms with Crippen molar-refractivity contribution in [1.82, 2.24) is 14.7 Å². The van der Waals surface area contributed by atoms with Crippen molar-refractivity contribution in [2.45, 2.75) is 6.10 Å². The van der Waals surface area contributed by atoms with Gasteiger partial charge in [0.05, 0.1) is 6.10 Å². The Morgan fingerprint density at radius 2 is 1.92 bits per heavy atom. The molecule has 1 atom stereocenters. The first-order chi connectivity index (χ1) is 11.4. The third-order valence-electron chi connectivity index (χ3n) is 4.21. The van der Waals surface area contributed by atoms with Crippen molar-refractivity contribution in [3.8, 4) is 0 Å². The summed E-state index contributed by atoms with van der Waals surface area (Å²) < 4.78 is 12.8. The van der Waals surface area contributed by atoms with E-state index in [9.17, 15) is 14.3 Å². The molecule has 1 amide bonds. The van der Waals surface area contributed by atoms with Gasteiger partial charge in [-0.05, 0) is 30.8 Å². The van der Waals surface area contributed by atoms with E-state index in [1.165, 1.54) is 23.1 Å². The van der Waals surface area contributed by atoms with E-state index in [1.807, 2.05) is 0 Å². The number of benzene rings is 1. The van der Waals surface area contributed by atoms with Gasteiger partial charge in [-0.25, -0.2) is 4.39 Å². The molecule has 1 aromatic carbocycles. The van der Waals surface area contributed by atoms with Crippen LogP contribution in [0.4, 0.5) is 4.39 Å². The number of carbonyl (C=O) groups excluding carboxylic acids is 1. The van der Waals surface area contributed by atoms with Crippen LogP contribution in [-0.2, 0) is 4.79 Å². The molecule has 0 aromatic heterocycles. The smallest absolute Gasteiger partial charge is 0.246 e. The molecule has 24 heavy (non-hydrogen) atoms. The molecular formula is C18H26FN3O2. The highest BCUT2D eigenvalue weighted by Crippen LogP contribution is 2.06. The van der Waals surface area contributed by atoms with E-state index in [4.69, 9.17) is 0 Å². The standard InChI is InChI=1S/C18H26FN3O2/c1-20-9-11-22(12-10-20)14-17(23)13-21(2)18(24)8-5-15-3-6-16(19)7-4-15/h3-8,17,23H,9-14H2,1-2H3/b8-5+. The van der Waals surface area contributed by atoms with Gasteiger partial charge in [-0.3, -0.25) is 9.69 Å². The second-order valence-corrected chi connectivity index (χ2v) is 6.36. The van der Waals surface area contributed by atoms with Crippen LogP contribution in [0.15, 0.2) is 30.3 Å². The SMILES string of the molecule is CN1CCN(CC(O)CN(C)C(=O)/C=C/c2ccc(F)cc2)CC1. The van der Waals surface area contributed by atoms with Gasteiger partial charge in [0, 0.05) is 52.4 Å². The molecule has 1 heterocycles. The topological polar surface area (TPSA) is 47.0 Å². The Morgan fingerprint density at radius 3 is 2.54 bits per heavy atom. The second-order valence-electron chi connectivity index (χ2n) is 6.36. The molecule has 2 rings (SSSR count). The summed E-state index contributed by atoms with van der Waals surface area (Å²) in [5.41, 5.74) is 0.760. The highest BCUT2D eigenvalue weighted by molar-refractivity contribution is 5.91. The molecule has 0 saturated carbocycles. The molecule has 1 N–H and O–H groups in total. The van der Waals surface area contributed by atoms with E-state index in [0.29, 0.717) is 13.1 Å². The molecule has 132 valence electrons. The summed E-state index contributed by atoms with van der Waals surface area (Å²) in [7, 11) is 3.76. The molecule has 5 nitrogen and oxygen atoms in total. The van der Waals surface area contributed by atoms with Gasteiger partial charge in [0.15, 0.2) is 0 Å². The van der Waals surface area contributed by atoms with Crippen LogP contribution in [0.3, 0.4) is 0 Å². The molecule has 0 bridgehead atoms. The summed E-state index contributed by atoms with van der Waals surface area (Å²) in [6, 6.07) is 5.93. The van der Waals surface area contributed by atoms with Gasteiger partial charge in [0.1, 0.15) is 5.82 Å². The zero-order valence-corrected chi connectivity index (χ0v) is 14.4. The zero-order valence-electron chi connectivity index (χ0n) is 14.4. The minimum Gasteiger partial charge on any atom is -0.390 e. The first kappa shape index (κ1) is 18.6. The monoisotopic (exact) mass is 335 g/mol. The van der Waals surface area contributed by atoms with Gasteiger partial charge in [-0.2, -0.15) is 0 Å². The van der Waals surface area contributed by atoms with Crippen LogP contribution in [0.25, 0.3) is 6.08 Å². The largest absolute Gasteiger partial charge is 0.390 e. The number of rotatable bonds is 6. The number of β-amino-alcohol motifs (C(OH)–C–C–N with tert-alkyl or cyclic N) is 1. The van der Waals surface area contributed by atoms with Crippen LogP contribution in [-0.4, -0.2) is 85.2 Å². The number of likely N-dealkylation sites (N-methyl/N-ethyl adjacent to an activating group) is 2. The fourth-order valence-corrected chi connectivity index (χ4v) is 2.66. The maximum atomic E-state index is 12.8. The van der Waals surface area contributed by atoms with Gasteiger partial charge in [0.25, 0.3) is 0 Å². The Bertz CT molecular complexity index is 554. The lowest BCUT2D eigenvalue weighted by Gasteiger charge is -2.34. The Balaban J connectivity index is 1.77. The minimum atomic E-state index is -0.568. The quantitative estimate of drug-likeness (QED) is 0.785. The van der Waals surface area contributed by atoms with Crippen molar-refractivity contribution in [3.05, 3.63) is 41.7 Å². The molecule has 1 fully saturated rings. The number of halogens is 1. The number of aliphatic hydroxyl groups is 1. The predicted molar refractivity (Wildman–Crippen MR) is 93.0 cm³/mol. The van der Waals surface area contributed by atoms with Crippen molar-refractivity contribution in [2.24, 2.45) is 0 Å². The molecule has 0 radical (unpaired) electrons. The third kappa shape index (κ3) is 6.03. The number of nitrogens with zero attached hydrogens (tertiary/aromatic N) is 3. The van der Waals surface area contributed by atoms with Crippen molar-refractivity contribution >= 4 is 12.0 Å². The van der Waals surface area contributed by atoms with E-state index in [2.05, 4.69) is 16.8 Å². The number of aliphatic hydroxyl groups excluding tert-OH is 1. The highest BCUT2D eigenvalue weighted by Gasteiger charge is 2.18. The molecule has 0 aliphatic carbocycles. The summed E-state index contributed by atoms with van der Waals surface area (Å²) in [4.78, 5) is 18.1. The number of carbonyl (C=O) groups is 1. The number of hydrogen-bond acceptors (Lipinski definition) is 4. The van der Waals surface area contributed by atoms with Gasteiger partial charge in [0.2, 0.25) is 5.91 Å². The predicted octanol–water partition coefficient (Wildman–Crippen LogP) is 0.906. The minimum absolute atomic E-state index is 0.184. The molecule has 1 aliphatic rings. The molecular weight excluding hydrogens is 309 g/mol. The van der Waals surface area contributed by atoms with Gasteiger partial charge < -0.3 is 14.9 Å². The van der Waals surface area contributed by atoms with Crippen LogP contribution in [0, 0.1) is 5.82 Å². The first-order valence-corrected chi connectivity index (χ1v) is 8.22. The average molecular weight is 335 g/mol. The highest BCUT2D eigenvalue weighted by atomic mass is 19.1. The van der Waals surface area contributed by atoms with Gasteiger partial charge >= 0.3 is 0 Å². The van der Waals surface area contributed by atoms with E-state index >= 15 is 0 Å². The molecule has 1 aliphatic heterocycles. The molecule has 1 aromatic rings. The van der Waals surface area contributed by atoms with Crippen LogP contribution < -0.4 is 0 Å².